The summed E-state index contributed by atoms with van der Waals surface area (Å²) in [5, 5.41) is 9.47. The number of aliphatic hydroxyl groups excluding tert-OH is 1. The van der Waals surface area contributed by atoms with Crippen LogP contribution >= 0.6 is 0 Å². The largest absolute Gasteiger partial charge is 0.453 e. The van der Waals surface area contributed by atoms with Crippen LogP contribution in [-0.4, -0.2) is 81.4 Å². The average molecular weight is 458 g/mol. The molecule has 5 atom stereocenters. The first kappa shape index (κ1) is 23.6. The van der Waals surface area contributed by atoms with Crippen molar-refractivity contribution < 1.29 is 58.4 Å². The Balaban J connectivity index is 2.47. The number of ether oxygens (including phenoxy) is 3. The number of hydrogen-bond acceptors (Lipinski definition) is 11. The Morgan fingerprint density at radius 3 is 2.03 bits per heavy atom. The number of carbonyl (C=O) groups excluding carboxylic acids is 1. The highest BCUT2D eigenvalue weighted by Crippen LogP contribution is 2.30. The van der Waals surface area contributed by atoms with Gasteiger partial charge in [0.15, 0.2) is 18.5 Å². The van der Waals surface area contributed by atoms with Crippen molar-refractivity contribution >= 4 is 26.8 Å². The molecule has 1 heterocycles. The van der Waals surface area contributed by atoms with Crippen LogP contribution in [0.2, 0.25) is 0 Å². The molecular weight excluding hydrogens is 440 g/mol. The van der Waals surface area contributed by atoms with Gasteiger partial charge < -0.3 is 19.3 Å². The number of esters is 1. The van der Waals surface area contributed by atoms with Gasteiger partial charge in [0.05, 0.1) is 12.2 Å². The number of aliphatic hydroxyl groups is 1. The summed E-state index contributed by atoms with van der Waals surface area (Å²) >= 11 is 0. The molecule has 0 bridgehead atoms. The molecule has 0 aliphatic carbocycles. The molecule has 13 nitrogen and oxygen atoms in total. The molecule has 0 amide bonds. The molecule has 1 aliphatic heterocycles. The van der Waals surface area contributed by atoms with E-state index in [2.05, 4.69) is 8.37 Å². The fourth-order valence-electron chi connectivity index (χ4n) is 2.61. The second-order valence-corrected chi connectivity index (χ2v) is 7.77. The van der Waals surface area contributed by atoms with Gasteiger partial charge in [0.25, 0.3) is 0 Å². The molecule has 15 heteroatoms. The second-order valence-electron chi connectivity index (χ2n) is 5.67. The Labute approximate surface area is 166 Å². The Morgan fingerprint density at radius 1 is 1.00 bits per heavy atom. The summed E-state index contributed by atoms with van der Waals surface area (Å²) in [4.78, 5) is 12.4. The van der Waals surface area contributed by atoms with E-state index in [-0.39, 0.29) is 5.56 Å². The summed E-state index contributed by atoms with van der Waals surface area (Å²) in [6.07, 6.45) is -9.05. The standard InChI is InChI=1S/C14H18O13S2/c1-23-14-12(27-29(20,21)22)11(25-13(16)8-5-3-2-4-6-8)10(9(7-15)24-14)26-28(17,18)19/h2-6,9-12,14-15H,7H2,1H3,(H,17,18,19)(H,20,21,22)/t9-,10-,11+,12+,14+/m1/s1. The van der Waals surface area contributed by atoms with Gasteiger partial charge in [-0.1, -0.05) is 18.2 Å². The summed E-state index contributed by atoms with van der Waals surface area (Å²) < 4.78 is 87.0. The van der Waals surface area contributed by atoms with E-state index >= 15 is 0 Å². The third-order valence-electron chi connectivity index (χ3n) is 3.72. The highest BCUT2D eigenvalue weighted by atomic mass is 32.3. The Kier molecular flexibility index (Phi) is 7.66. The highest BCUT2D eigenvalue weighted by Gasteiger charge is 2.53. The molecule has 3 N–H and O–H groups in total. The monoisotopic (exact) mass is 458 g/mol. The summed E-state index contributed by atoms with van der Waals surface area (Å²) in [6, 6.07) is 7.27. The van der Waals surface area contributed by atoms with Crippen molar-refractivity contribution in [1.29, 1.82) is 0 Å². The fourth-order valence-corrected chi connectivity index (χ4v) is 3.61. The number of methoxy groups -OCH3 is 1. The van der Waals surface area contributed by atoms with Crippen LogP contribution in [0.15, 0.2) is 30.3 Å². The van der Waals surface area contributed by atoms with Crippen LogP contribution in [0.4, 0.5) is 0 Å². The first-order valence-electron chi connectivity index (χ1n) is 7.81. The lowest BCUT2D eigenvalue weighted by Crippen LogP contribution is -2.62. The predicted octanol–water partition coefficient (Wildman–Crippen LogP) is -1.05. The van der Waals surface area contributed by atoms with Gasteiger partial charge in [0.1, 0.15) is 12.2 Å². The molecule has 2 rings (SSSR count). The molecule has 0 unspecified atom stereocenters. The first-order valence-corrected chi connectivity index (χ1v) is 10.5. The van der Waals surface area contributed by atoms with Crippen LogP contribution in [0, 0.1) is 0 Å². The normalized spacial score (nSPS) is 28.1. The maximum absolute atomic E-state index is 12.4. The Morgan fingerprint density at radius 2 is 1.55 bits per heavy atom. The minimum atomic E-state index is -5.18. The number of benzene rings is 1. The SMILES string of the molecule is CO[C@H]1O[C@H](CO)[C@@H](OS(=O)(=O)O)[C@H](OC(=O)c2ccccc2)[C@@H]1OS(=O)(=O)O. The number of carbonyl (C=O) groups is 1. The van der Waals surface area contributed by atoms with E-state index in [1.165, 1.54) is 24.3 Å². The van der Waals surface area contributed by atoms with E-state index in [4.69, 9.17) is 23.3 Å². The Bertz CT molecular complexity index is 851. The highest BCUT2D eigenvalue weighted by molar-refractivity contribution is 7.81. The summed E-state index contributed by atoms with van der Waals surface area (Å²) in [5.74, 6) is -1.06. The van der Waals surface area contributed by atoms with Crippen LogP contribution in [0.1, 0.15) is 10.4 Å². The zero-order valence-corrected chi connectivity index (χ0v) is 16.4. The number of hydrogen-bond donors (Lipinski definition) is 3. The molecule has 1 aliphatic rings. The third kappa shape index (κ3) is 6.66. The van der Waals surface area contributed by atoms with Crippen LogP contribution in [0.25, 0.3) is 0 Å². The van der Waals surface area contributed by atoms with Crippen molar-refractivity contribution in [2.75, 3.05) is 13.7 Å². The van der Waals surface area contributed by atoms with E-state index in [1.54, 1.807) is 6.07 Å². The zero-order chi connectivity index (χ0) is 21.8. The quantitative estimate of drug-likeness (QED) is 0.316. The third-order valence-corrected chi connectivity index (χ3v) is 4.65. The molecule has 0 spiro atoms. The molecule has 0 saturated carbocycles. The lowest BCUT2D eigenvalue weighted by molar-refractivity contribution is -0.283. The van der Waals surface area contributed by atoms with Crippen molar-refractivity contribution in [3.05, 3.63) is 35.9 Å². The van der Waals surface area contributed by atoms with Gasteiger partial charge in [-0.2, -0.15) is 16.8 Å². The van der Waals surface area contributed by atoms with Crippen LogP contribution in [0.5, 0.6) is 0 Å². The van der Waals surface area contributed by atoms with Gasteiger partial charge in [0, 0.05) is 7.11 Å². The lowest BCUT2D eigenvalue weighted by Gasteiger charge is -2.42. The zero-order valence-electron chi connectivity index (χ0n) is 14.7. The smallest absolute Gasteiger partial charge is 0.397 e. The topological polar surface area (TPSA) is 192 Å². The minimum absolute atomic E-state index is 0.00952. The summed E-state index contributed by atoms with van der Waals surface area (Å²) in [6.45, 7) is -0.905. The maximum atomic E-state index is 12.4. The van der Waals surface area contributed by atoms with E-state index in [1.807, 2.05) is 0 Å². The summed E-state index contributed by atoms with van der Waals surface area (Å²) in [7, 11) is -9.31. The molecule has 1 fully saturated rings. The molecule has 29 heavy (non-hydrogen) atoms. The van der Waals surface area contributed by atoms with Gasteiger partial charge in [-0.05, 0) is 12.1 Å². The summed E-state index contributed by atoms with van der Waals surface area (Å²) in [5.41, 5.74) is -0.00952. The van der Waals surface area contributed by atoms with Crippen LogP contribution < -0.4 is 0 Å². The van der Waals surface area contributed by atoms with E-state index in [0.29, 0.717) is 0 Å². The van der Waals surface area contributed by atoms with Crippen molar-refractivity contribution in [1.82, 2.24) is 0 Å². The molecule has 164 valence electrons. The van der Waals surface area contributed by atoms with E-state index in [9.17, 15) is 26.7 Å². The molecule has 1 aromatic carbocycles. The first-order chi connectivity index (χ1) is 13.4. The maximum Gasteiger partial charge on any atom is 0.397 e. The fraction of sp³-hybridized carbons (Fsp3) is 0.500. The second kappa shape index (κ2) is 9.41. The molecule has 1 aromatic rings. The van der Waals surface area contributed by atoms with Crippen molar-refractivity contribution in [2.24, 2.45) is 0 Å². The van der Waals surface area contributed by atoms with Crippen molar-refractivity contribution in [3.63, 3.8) is 0 Å². The minimum Gasteiger partial charge on any atom is -0.453 e. The van der Waals surface area contributed by atoms with Crippen LogP contribution in [0.3, 0.4) is 0 Å². The molecule has 0 aromatic heterocycles. The molecular formula is C14H18O13S2. The predicted molar refractivity (Wildman–Crippen MR) is 91.2 cm³/mol. The van der Waals surface area contributed by atoms with Gasteiger partial charge in [-0.25, -0.2) is 13.2 Å². The van der Waals surface area contributed by atoms with Gasteiger partial charge in [-0.3, -0.25) is 9.11 Å². The van der Waals surface area contributed by atoms with Crippen molar-refractivity contribution in [3.8, 4) is 0 Å². The van der Waals surface area contributed by atoms with E-state index in [0.717, 1.165) is 7.11 Å². The molecule has 1 saturated heterocycles. The Hall–Kier alpha value is -1.69. The van der Waals surface area contributed by atoms with Crippen LogP contribution in [-0.2, 0) is 43.4 Å². The number of rotatable bonds is 8. The van der Waals surface area contributed by atoms with Gasteiger partial charge in [-0.15, -0.1) is 0 Å². The van der Waals surface area contributed by atoms with Crippen molar-refractivity contribution in [2.45, 2.75) is 30.7 Å². The van der Waals surface area contributed by atoms with E-state index < -0.39 is 64.1 Å². The van der Waals surface area contributed by atoms with Gasteiger partial charge >= 0.3 is 26.8 Å². The molecule has 0 radical (unpaired) electrons. The van der Waals surface area contributed by atoms with Gasteiger partial charge in [0.2, 0.25) is 0 Å². The average Bonchev–Trinajstić information content (AvgIpc) is 2.63. The lowest BCUT2D eigenvalue weighted by atomic mass is 9.99.